The summed E-state index contributed by atoms with van der Waals surface area (Å²) in [7, 11) is 1.15. The summed E-state index contributed by atoms with van der Waals surface area (Å²) in [6.45, 7) is 0. The van der Waals surface area contributed by atoms with Crippen molar-refractivity contribution in [3.05, 3.63) is 40.9 Å². The van der Waals surface area contributed by atoms with Gasteiger partial charge in [0.1, 0.15) is 23.4 Å². The highest BCUT2D eigenvalue weighted by atomic mass is 35.5. The Balaban J connectivity index is 2.19. The molecule has 0 fully saturated rings. The van der Waals surface area contributed by atoms with Crippen molar-refractivity contribution in [2.24, 2.45) is 0 Å². The first kappa shape index (κ1) is 17.5. The highest BCUT2D eigenvalue weighted by Crippen LogP contribution is 2.37. The molecule has 126 valence electrons. The molecular weight excluding hydrogens is 338 g/mol. The Morgan fingerprint density at radius 2 is 1.92 bits per heavy atom. The third-order valence-corrected chi connectivity index (χ3v) is 3.58. The summed E-state index contributed by atoms with van der Waals surface area (Å²) in [5, 5.41) is 22.0. The second-order valence-corrected chi connectivity index (χ2v) is 5.13. The van der Waals surface area contributed by atoms with Crippen LogP contribution >= 0.6 is 11.6 Å². The molecule has 1 amide bonds. The number of nitrogens with zero attached hydrogens (tertiary/aromatic N) is 2. The van der Waals surface area contributed by atoms with Gasteiger partial charge in [0, 0.05) is 12.5 Å². The van der Waals surface area contributed by atoms with Crippen molar-refractivity contribution >= 4 is 29.2 Å². The van der Waals surface area contributed by atoms with Crippen molar-refractivity contribution < 1.29 is 24.5 Å². The van der Waals surface area contributed by atoms with E-state index in [9.17, 15) is 19.8 Å². The predicted molar refractivity (Wildman–Crippen MR) is 85.1 cm³/mol. The van der Waals surface area contributed by atoms with Gasteiger partial charge >= 0.3 is 5.97 Å². The Hall–Kier alpha value is -2.87. The zero-order valence-electron chi connectivity index (χ0n) is 12.6. The molecule has 0 unspecified atom stereocenters. The number of esters is 1. The van der Waals surface area contributed by atoms with E-state index in [1.807, 2.05) is 0 Å². The van der Waals surface area contributed by atoms with E-state index in [0.29, 0.717) is 5.69 Å². The van der Waals surface area contributed by atoms with Gasteiger partial charge in [0.25, 0.3) is 0 Å². The lowest BCUT2D eigenvalue weighted by Crippen LogP contribution is -2.14. The Morgan fingerprint density at radius 3 is 2.54 bits per heavy atom. The number of benzene rings is 1. The van der Waals surface area contributed by atoms with Gasteiger partial charge in [-0.3, -0.25) is 4.79 Å². The molecule has 1 aromatic carbocycles. The topological polar surface area (TPSA) is 122 Å². The van der Waals surface area contributed by atoms with Crippen LogP contribution in [-0.2, 0) is 16.0 Å². The maximum absolute atomic E-state index is 12.0. The van der Waals surface area contributed by atoms with E-state index in [1.165, 1.54) is 18.7 Å². The SMILES string of the molecule is COC(=O)c1c(O)cc(O)c(Cl)c1CCC(=O)Nc1cncnc1. The van der Waals surface area contributed by atoms with Gasteiger partial charge in [-0.25, -0.2) is 14.8 Å². The number of phenols is 2. The minimum absolute atomic E-state index is 0.00471. The summed E-state index contributed by atoms with van der Waals surface area (Å²) in [5.74, 6) is -2.06. The average molecular weight is 352 g/mol. The van der Waals surface area contributed by atoms with Gasteiger partial charge < -0.3 is 20.3 Å². The minimum Gasteiger partial charge on any atom is -0.507 e. The molecule has 2 aromatic rings. The molecule has 24 heavy (non-hydrogen) atoms. The molecule has 2 rings (SSSR count). The van der Waals surface area contributed by atoms with Crippen molar-refractivity contribution in [2.75, 3.05) is 12.4 Å². The van der Waals surface area contributed by atoms with E-state index in [2.05, 4.69) is 20.0 Å². The van der Waals surface area contributed by atoms with E-state index in [-0.39, 0.29) is 34.9 Å². The number of hydrogen-bond acceptors (Lipinski definition) is 7. The number of ether oxygens (including phenoxy) is 1. The number of methoxy groups -OCH3 is 1. The molecule has 1 heterocycles. The number of halogens is 1. The van der Waals surface area contributed by atoms with Crippen LogP contribution in [0.5, 0.6) is 11.5 Å². The minimum atomic E-state index is -0.818. The molecule has 0 aliphatic rings. The number of phenolic OH excluding ortho intramolecular Hbond substituents is 2. The summed E-state index contributed by atoms with van der Waals surface area (Å²) in [6.07, 6.45) is 4.13. The lowest BCUT2D eigenvalue weighted by molar-refractivity contribution is -0.116. The van der Waals surface area contributed by atoms with Crippen LogP contribution in [0.3, 0.4) is 0 Å². The number of aromatic hydroxyl groups is 2. The zero-order chi connectivity index (χ0) is 17.7. The molecule has 0 bridgehead atoms. The first-order chi connectivity index (χ1) is 11.4. The van der Waals surface area contributed by atoms with Crippen LogP contribution < -0.4 is 5.32 Å². The van der Waals surface area contributed by atoms with Crippen LogP contribution in [0.15, 0.2) is 24.8 Å². The number of carbonyl (C=O) groups excluding carboxylic acids is 2. The van der Waals surface area contributed by atoms with Crippen LogP contribution in [0.25, 0.3) is 0 Å². The smallest absolute Gasteiger partial charge is 0.341 e. The van der Waals surface area contributed by atoms with Gasteiger partial charge in [-0.1, -0.05) is 11.6 Å². The van der Waals surface area contributed by atoms with Gasteiger partial charge in [0.15, 0.2) is 0 Å². The first-order valence-electron chi connectivity index (χ1n) is 6.80. The number of amides is 1. The zero-order valence-corrected chi connectivity index (χ0v) is 13.4. The first-order valence-corrected chi connectivity index (χ1v) is 7.18. The van der Waals surface area contributed by atoms with Crippen LogP contribution in [0, 0.1) is 0 Å². The Kier molecular flexibility index (Phi) is 5.54. The quantitative estimate of drug-likeness (QED) is 0.703. The maximum Gasteiger partial charge on any atom is 0.341 e. The van der Waals surface area contributed by atoms with E-state index in [4.69, 9.17) is 11.6 Å². The summed E-state index contributed by atoms with van der Waals surface area (Å²) in [5.41, 5.74) is 0.358. The molecule has 9 heteroatoms. The summed E-state index contributed by atoms with van der Waals surface area (Å²) in [6, 6.07) is 0.944. The van der Waals surface area contributed by atoms with Crippen molar-refractivity contribution in [3.8, 4) is 11.5 Å². The van der Waals surface area contributed by atoms with Crippen molar-refractivity contribution in [1.82, 2.24) is 9.97 Å². The number of anilines is 1. The number of carbonyl (C=O) groups is 2. The van der Waals surface area contributed by atoms with Crippen molar-refractivity contribution in [1.29, 1.82) is 0 Å². The van der Waals surface area contributed by atoms with Crippen LogP contribution in [0.4, 0.5) is 5.69 Å². The Morgan fingerprint density at radius 1 is 1.25 bits per heavy atom. The summed E-state index contributed by atoms with van der Waals surface area (Å²) in [4.78, 5) is 31.3. The number of hydrogen-bond donors (Lipinski definition) is 3. The molecule has 0 aliphatic heterocycles. The van der Waals surface area contributed by atoms with E-state index in [1.54, 1.807) is 0 Å². The lowest BCUT2D eigenvalue weighted by atomic mass is 10.0. The van der Waals surface area contributed by atoms with Gasteiger partial charge in [0.2, 0.25) is 5.91 Å². The summed E-state index contributed by atoms with van der Waals surface area (Å²) < 4.78 is 4.60. The molecule has 0 radical (unpaired) electrons. The fourth-order valence-electron chi connectivity index (χ4n) is 2.07. The predicted octanol–water partition coefficient (Wildman–Crippen LogP) is 1.90. The molecule has 8 nitrogen and oxygen atoms in total. The third-order valence-electron chi connectivity index (χ3n) is 3.16. The number of aromatic nitrogens is 2. The third kappa shape index (κ3) is 3.90. The van der Waals surface area contributed by atoms with Crippen molar-refractivity contribution in [2.45, 2.75) is 12.8 Å². The Bertz CT molecular complexity index is 767. The lowest BCUT2D eigenvalue weighted by Gasteiger charge is -2.13. The summed E-state index contributed by atoms with van der Waals surface area (Å²) >= 11 is 5.99. The number of rotatable bonds is 5. The molecular formula is C15H14ClN3O5. The van der Waals surface area contributed by atoms with Crippen molar-refractivity contribution in [3.63, 3.8) is 0 Å². The van der Waals surface area contributed by atoms with E-state index >= 15 is 0 Å². The fraction of sp³-hybridized carbons (Fsp3) is 0.200. The maximum atomic E-state index is 12.0. The highest BCUT2D eigenvalue weighted by Gasteiger charge is 2.23. The molecule has 0 aliphatic carbocycles. The molecule has 3 N–H and O–H groups in total. The molecule has 0 spiro atoms. The van der Waals surface area contributed by atoms with Crippen LogP contribution in [0.1, 0.15) is 22.3 Å². The monoisotopic (exact) mass is 351 g/mol. The number of nitrogens with one attached hydrogen (secondary N) is 1. The second kappa shape index (κ2) is 7.60. The molecule has 0 saturated carbocycles. The van der Waals surface area contributed by atoms with Gasteiger partial charge in [-0.2, -0.15) is 0 Å². The molecule has 0 saturated heterocycles. The van der Waals surface area contributed by atoms with Gasteiger partial charge in [-0.15, -0.1) is 0 Å². The van der Waals surface area contributed by atoms with E-state index in [0.717, 1.165) is 13.2 Å². The standard InChI is InChI=1S/C15H14ClN3O5/c1-24-15(23)13-9(14(16)11(21)4-10(13)20)2-3-12(22)19-8-5-17-7-18-6-8/h4-7,20-21H,2-3H2,1H3,(H,19,22). The van der Waals surface area contributed by atoms with E-state index < -0.39 is 17.5 Å². The highest BCUT2D eigenvalue weighted by molar-refractivity contribution is 6.33. The average Bonchev–Trinajstić information content (AvgIpc) is 2.57. The van der Waals surface area contributed by atoms with Gasteiger partial charge in [0.05, 0.1) is 30.2 Å². The van der Waals surface area contributed by atoms with Crippen LogP contribution in [0.2, 0.25) is 5.02 Å². The fourth-order valence-corrected chi connectivity index (χ4v) is 2.32. The van der Waals surface area contributed by atoms with Gasteiger partial charge in [-0.05, 0) is 12.0 Å². The molecule has 0 atom stereocenters. The second-order valence-electron chi connectivity index (χ2n) is 4.75. The molecule has 1 aromatic heterocycles. The Labute approximate surface area is 142 Å². The normalized spacial score (nSPS) is 10.2. The largest absolute Gasteiger partial charge is 0.507 e. The van der Waals surface area contributed by atoms with Crippen LogP contribution in [-0.4, -0.2) is 39.2 Å².